The van der Waals surface area contributed by atoms with E-state index in [1.165, 1.54) is 23.0 Å². The van der Waals surface area contributed by atoms with Crippen molar-refractivity contribution in [2.45, 2.75) is 12.8 Å². The van der Waals surface area contributed by atoms with Gasteiger partial charge in [0.05, 0.1) is 17.2 Å². The summed E-state index contributed by atoms with van der Waals surface area (Å²) in [5, 5.41) is 24.8. The monoisotopic (exact) mass is 268 g/mol. The fraction of sp³-hybridized carbons (Fsp3) is 0.182. The number of aliphatic hydroxyl groups is 1. The van der Waals surface area contributed by atoms with E-state index < -0.39 is 23.9 Å². The van der Waals surface area contributed by atoms with Crippen molar-refractivity contribution in [1.29, 1.82) is 5.26 Å². The second kappa shape index (κ2) is 4.70. The predicted molar refractivity (Wildman–Crippen MR) is 57.0 cm³/mol. The van der Waals surface area contributed by atoms with Gasteiger partial charge in [0.2, 0.25) is 0 Å². The standard InChI is InChI=1S/C11H7F3N4O/c12-11(13,14)9-3-8(2-1-7(9)4-15)18-6-16-17-10(18)5-19/h1-3,6,19H,5H2. The van der Waals surface area contributed by atoms with Gasteiger partial charge >= 0.3 is 6.18 Å². The predicted octanol–water partition coefficient (Wildman–Crippen LogP) is 1.65. The van der Waals surface area contributed by atoms with E-state index in [2.05, 4.69) is 10.2 Å². The molecule has 0 radical (unpaired) electrons. The molecule has 0 aliphatic carbocycles. The Morgan fingerprint density at radius 3 is 2.68 bits per heavy atom. The Balaban J connectivity index is 2.59. The molecule has 2 aromatic rings. The Hall–Kier alpha value is -2.40. The molecule has 0 atom stereocenters. The van der Waals surface area contributed by atoms with Crippen molar-refractivity contribution >= 4 is 0 Å². The average molecular weight is 268 g/mol. The number of halogens is 3. The van der Waals surface area contributed by atoms with Crippen LogP contribution in [-0.4, -0.2) is 19.9 Å². The highest BCUT2D eigenvalue weighted by Crippen LogP contribution is 2.33. The number of benzene rings is 1. The number of nitrogens with zero attached hydrogens (tertiary/aromatic N) is 4. The molecule has 98 valence electrons. The highest BCUT2D eigenvalue weighted by molar-refractivity contribution is 5.47. The molecule has 0 saturated carbocycles. The van der Waals surface area contributed by atoms with Gasteiger partial charge in [-0.05, 0) is 18.2 Å². The Bertz CT molecular complexity index is 642. The quantitative estimate of drug-likeness (QED) is 0.898. The van der Waals surface area contributed by atoms with Gasteiger partial charge in [-0.3, -0.25) is 4.57 Å². The molecule has 0 unspecified atom stereocenters. The second-order valence-corrected chi connectivity index (χ2v) is 3.61. The van der Waals surface area contributed by atoms with E-state index >= 15 is 0 Å². The van der Waals surface area contributed by atoms with Gasteiger partial charge in [0.1, 0.15) is 12.9 Å². The third kappa shape index (κ3) is 2.41. The summed E-state index contributed by atoms with van der Waals surface area (Å²) in [6.45, 7) is -0.457. The van der Waals surface area contributed by atoms with E-state index in [1.807, 2.05) is 0 Å². The molecular formula is C11H7F3N4O. The lowest BCUT2D eigenvalue weighted by Gasteiger charge is -2.11. The van der Waals surface area contributed by atoms with Gasteiger partial charge in [0.15, 0.2) is 5.82 Å². The number of alkyl halides is 3. The van der Waals surface area contributed by atoms with Crippen molar-refractivity contribution < 1.29 is 18.3 Å². The molecule has 8 heteroatoms. The second-order valence-electron chi connectivity index (χ2n) is 3.61. The fourth-order valence-electron chi connectivity index (χ4n) is 1.60. The van der Waals surface area contributed by atoms with E-state index in [0.29, 0.717) is 0 Å². The fourth-order valence-corrected chi connectivity index (χ4v) is 1.60. The van der Waals surface area contributed by atoms with Gasteiger partial charge in [0.25, 0.3) is 0 Å². The smallest absolute Gasteiger partial charge is 0.388 e. The number of hydrogen-bond donors (Lipinski definition) is 1. The molecule has 1 aromatic carbocycles. The zero-order valence-electron chi connectivity index (χ0n) is 9.39. The minimum atomic E-state index is -4.63. The molecule has 5 nitrogen and oxygen atoms in total. The number of nitriles is 1. The van der Waals surface area contributed by atoms with E-state index in [1.54, 1.807) is 0 Å². The summed E-state index contributed by atoms with van der Waals surface area (Å²) in [4.78, 5) is 0. The normalized spacial score (nSPS) is 11.3. The van der Waals surface area contributed by atoms with Crippen LogP contribution in [0.3, 0.4) is 0 Å². The molecule has 0 spiro atoms. The molecular weight excluding hydrogens is 261 g/mol. The zero-order chi connectivity index (χ0) is 14.0. The first-order valence-electron chi connectivity index (χ1n) is 5.09. The maximum Gasteiger partial charge on any atom is 0.417 e. The van der Waals surface area contributed by atoms with Crippen LogP contribution in [0, 0.1) is 11.3 Å². The van der Waals surface area contributed by atoms with Crippen LogP contribution in [0.4, 0.5) is 13.2 Å². The minimum Gasteiger partial charge on any atom is -0.388 e. The van der Waals surface area contributed by atoms with Crippen LogP contribution in [0.2, 0.25) is 0 Å². The first kappa shape index (κ1) is 13.0. The Labute approximate surface area is 105 Å². The van der Waals surface area contributed by atoms with Crippen LogP contribution in [0.5, 0.6) is 0 Å². The summed E-state index contributed by atoms with van der Waals surface area (Å²) >= 11 is 0. The van der Waals surface area contributed by atoms with E-state index in [4.69, 9.17) is 10.4 Å². The third-order valence-electron chi connectivity index (χ3n) is 2.47. The summed E-state index contributed by atoms with van der Waals surface area (Å²) in [5.74, 6) is 0.109. The van der Waals surface area contributed by atoms with Crippen molar-refractivity contribution in [2.75, 3.05) is 0 Å². The summed E-state index contributed by atoms with van der Waals surface area (Å²) in [5.41, 5.74) is -1.37. The highest BCUT2D eigenvalue weighted by atomic mass is 19.4. The summed E-state index contributed by atoms with van der Waals surface area (Å²) in [6.07, 6.45) is -3.44. The van der Waals surface area contributed by atoms with Crippen molar-refractivity contribution in [1.82, 2.24) is 14.8 Å². The first-order valence-corrected chi connectivity index (χ1v) is 5.09. The van der Waals surface area contributed by atoms with Crippen LogP contribution in [-0.2, 0) is 12.8 Å². The number of aliphatic hydroxyl groups excluding tert-OH is 1. The average Bonchev–Trinajstić information content (AvgIpc) is 2.85. The summed E-state index contributed by atoms with van der Waals surface area (Å²) in [7, 11) is 0. The van der Waals surface area contributed by atoms with Crippen LogP contribution in [0.25, 0.3) is 5.69 Å². The van der Waals surface area contributed by atoms with Crippen molar-refractivity contribution in [3.8, 4) is 11.8 Å². The van der Waals surface area contributed by atoms with Crippen LogP contribution < -0.4 is 0 Å². The number of hydrogen-bond acceptors (Lipinski definition) is 4. The minimum absolute atomic E-state index is 0.109. The van der Waals surface area contributed by atoms with Gasteiger partial charge in [-0.15, -0.1) is 10.2 Å². The molecule has 0 aliphatic heterocycles. The molecule has 0 amide bonds. The van der Waals surface area contributed by atoms with Crippen LogP contribution >= 0.6 is 0 Å². The van der Waals surface area contributed by atoms with Gasteiger partial charge in [-0.2, -0.15) is 18.4 Å². The van der Waals surface area contributed by atoms with E-state index in [-0.39, 0.29) is 11.5 Å². The van der Waals surface area contributed by atoms with Crippen molar-refractivity contribution in [2.24, 2.45) is 0 Å². The molecule has 1 aromatic heterocycles. The van der Waals surface area contributed by atoms with E-state index in [0.717, 1.165) is 12.1 Å². The highest BCUT2D eigenvalue weighted by Gasteiger charge is 2.34. The number of rotatable bonds is 2. The molecule has 2 rings (SSSR count). The molecule has 19 heavy (non-hydrogen) atoms. The molecule has 0 fully saturated rings. The van der Waals surface area contributed by atoms with Gasteiger partial charge < -0.3 is 5.11 Å². The first-order chi connectivity index (χ1) is 8.97. The maximum absolute atomic E-state index is 12.8. The lowest BCUT2D eigenvalue weighted by Crippen LogP contribution is -2.10. The van der Waals surface area contributed by atoms with Crippen LogP contribution in [0.1, 0.15) is 17.0 Å². The SMILES string of the molecule is N#Cc1ccc(-n2cnnc2CO)cc1C(F)(F)F. The molecule has 1 heterocycles. The Kier molecular flexibility index (Phi) is 3.23. The van der Waals surface area contributed by atoms with Crippen molar-refractivity contribution in [3.63, 3.8) is 0 Å². The summed E-state index contributed by atoms with van der Waals surface area (Å²) < 4.78 is 39.6. The lowest BCUT2D eigenvalue weighted by atomic mass is 10.1. The van der Waals surface area contributed by atoms with Gasteiger partial charge in [-0.25, -0.2) is 0 Å². The number of aromatic nitrogens is 3. The van der Waals surface area contributed by atoms with Gasteiger partial charge in [0, 0.05) is 5.69 Å². The van der Waals surface area contributed by atoms with E-state index in [9.17, 15) is 13.2 Å². The summed E-state index contributed by atoms with van der Waals surface area (Å²) in [6, 6.07) is 4.71. The zero-order valence-corrected chi connectivity index (χ0v) is 9.39. The van der Waals surface area contributed by atoms with Crippen LogP contribution in [0.15, 0.2) is 24.5 Å². The molecule has 0 aliphatic rings. The molecule has 1 N–H and O–H groups in total. The Morgan fingerprint density at radius 1 is 1.37 bits per heavy atom. The largest absolute Gasteiger partial charge is 0.417 e. The molecule has 0 saturated heterocycles. The van der Waals surface area contributed by atoms with Crippen molar-refractivity contribution in [3.05, 3.63) is 41.5 Å². The maximum atomic E-state index is 12.8. The molecule has 0 bridgehead atoms. The topological polar surface area (TPSA) is 74.7 Å². The third-order valence-corrected chi connectivity index (χ3v) is 2.47. The Morgan fingerprint density at radius 2 is 2.11 bits per heavy atom. The lowest BCUT2D eigenvalue weighted by molar-refractivity contribution is -0.137. The van der Waals surface area contributed by atoms with Gasteiger partial charge in [-0.1, -0.05) is 0 Å².